The Hall–Kier alpha value is -9.65. The fourth-order valence-corrected chi connectivity index (χ4v) is 12.6. The predicted octanol–water partition coefficient (Wildman–Crippen LogP) is 17.0. The molecule has 75 heavy (non-hydrogen) atoms. The fourth-order valence-electron chi connectivity index (χ4n) is 12.6. The lowest BCUT2D eigenvalue weighted by atomic mass is 9.69. The molecule has 0 N–H and O–H groups in total. The highest BCUT2D eigenvalue weighted by Crippen LogP contribution is 2.57. The quantitative estimate of drug-likeness (QED) is 0.152. The Bertz CT molecular complexity index is 4290. The summed E-state index contributed by atoms with van der Waals surface area (Å²) < 4.78 is 40.4. The number of aromatic nitrogens is 3. The van der Waals surface area contributed by atoms with E-state index < -0.39 is 12.3 Å². The van der Waals surface area contributed by atoms with Gasteiger partial charge in [-0.2, -0.15) is 0 Å². The lowest BCUT2D eigenvalue weighted by Crippen LogP contribution is -2.30. The average molecular weight is 967 g/mol. The van der Waals surface area contributed by atoms with Crippen molar-refractivity contribution in [1.29, 1.82) is 0 Å². The van der Waals surface area contributed by atoms with E-state index in [1.165, 1.54) is 5.69 Å². The van der Waals surface area contributed by atoms with Gasteiger partial charge in [-0.25, -0.2) is 0 Å². The van der Waals surface area contributed by atoms with E-state index in [-0.39, 0.29) is 5.56 Å². The summed E-state index contributed by atoms with van der Waals surface area (Å²) in [6.45, 7) is -1.88. The molecule has 6 nitrogen and oxygen atoms in total. The lowest BCUT2D eigenvalue weighted by Gasteiger charge is -2.33. The van der Waals surface area contributed by atoms with Crippen LogP contribution in [0.2, 0.25) is 0 Å². The number of pyridine rings is 1. The van der Waals surface area contributed by atoms with Crippen molar-refractivity contribution in [2.24, 2.45) is 0 Å². The second-order valence-corrected chi connectivity index (χ2v) is 19.8. The van der Waals surface area contributed by atoms with Gasteiger partial charge in [-0.3, -0.25) is 4.98 Å². The minimum Gasteiger partial charge on any atom is -0.457 e. The van der Waals surface area contributed by atoms with Crippen molar-refractivity contribution in [2.75, 3.05) is 23.5 Å². The maximum Gasteiger partial charge on any atom is 0.129 e. The van der Waals surface area contributed by atoms with Crippen molar-refractivity contribution < 1.29 is 8.85 Å². The van der Waals surface area contributed by atoms with Crippen LogP contribution in [-0.4, -0.2) is 27.8 Å². The normalized spacial score (nSPS) is 14.2. The van der Waals surface area contributed by atoms with Gasteiger partial charge >= 0.3 is 0 Å². The first kappa shape index (κ1) is 39.9. The molecule has 0 bridgehead atoms. The zero-order valence-electron chi connectivity index (χ0n) is 44.0. The number of fused-ring (bicyclic) bond motifs is 10. The number of aryl methyl sites for hydroxylation is 1. The number of nitrogens with zero attached hydrogens (tertiary/aromatic N) is 5. The van der Waals surface area contributed by atoms with Gasteiger partial charge in [-0.15, -0.1) is 0 Å². The summed E-state index contributed by atoms with van der Waals surface area (Å²) in [5, 5.41) is 4.43. The van der Waals surface area contributed by atoms with E-state index >= 15 is 0 Å². The van der Waals surface area contributed by atoms with Gasteiger partial charge in [0.15, 0.2) is 0 Å². The van der Waals surface area contributed by atoms with Crippen LogP contribution < -0.4 is 14.5 Å². The van der Waals surface area contributed by atoms with Gasteiger partial charge in [-0.05, 0) is 119 Å². The second kappa shape index (κ2) is 16.7. The molecule has 0 atom stereocenters. The van der Waals surface area contributed by atoms with E-state index in [0.29, 0.717) is 22.8 Å². The van der Waals surface area contributed by atoms with Crippen molar-refractivity contribution in [2.45, 2.75) is 12.3 Å². The van der Waals surface area contributed by atoms with Crippen LogP contribution in [0.25, 0.3) is 77.2 Å². The third-order valence-electron chi connectivity index (χ3n) is 15.7. The van der Waals surface area contributed by atoms with Gasteiger partial charge < -0.3 is 23.7 Å². The van der Waals surface area contributed by atoms with Crippen LogP contribution in [0, 0.1) is 6.85 Å². The van der Waals surface area contributed by atoms with Crippen molar-refractivity contribution >= 4 is 60.7 Å². The van der Waals surface area contributed by atoms with Gasteiger partial charge in [0, 0.05) is 61.8 Å². The predicted molar refractivity (Wildman–Crippen MR) is 309 cm³/mol. The molecule has 0 fully saturated rings. The minimum atomic E-state index is -2.60. The maximum absolute atomic E-state index is 9.66. The Morgan fingerprint density at radius 1 is 0.453 bits per heavy atom. The molecule has 2 aliphatic rings. The molecule has 10 aromatic carbocycles. The first-order chi connectivity index (χ1) is 38.3. The third-order valence-corrected chi connectivity index (χ3v) is 15.7. The van der Waals surface area contributed by atoms with Gasteiger partial charge in [-0.1, -0.05) is 158 Å². The number of para-hydroxylation sites is 6. The average Bonchev–Trinajstić information content (AvgIpc) is 4.39. The Morgan fingerprint density at radius 3 is 1.52 bits per heavy atom. The molecule has 356 valence electrons. The molecule has 0 amide bonds. The van der Waals surface area contributed by atoms with Crippen LogP contribution in [0.3, 0.4) is 0 Å². The number of anilines is 3. The number of ether oxygens (including phenoxy) is 1. The number of benzene rings is 10. The third kappa shape index (κ3) is 6.36. The molecule has 3 aromatic heterocycles. The van der Waals surface area contributed by atoms with E-state index in [4.69, 9.17) is 9.72 Å². The second-order valence-electron chi connectivity index (χ2n) is 19.8. The summed E-state index contributed by atoms with van der Waals surface area (Å²) in [7, 11) is 2.11. The van der Waals surface area contributed by atoms with Crippen LogP contribution in [-0.2, 0) is 5.41 Å². The zero-order valence-corrected chi connectivity index (χ0v) is 41.0. The SMILES string of the molecule is [2H]C([2H])([2H])c1cc(C2(c3cccc(Oc4cccc(N5CN(C)c6ccccc65)c4)c3)c3ccccc3-c3ccccc32)ncc1-c1c(-n2c3ccccc3c3ccccc32)cccc1-n1c2ccccc2c2ccccc21. The number of hydrogen-bond donors (Lipinski definition) is 0. The first-order valence-electron chi connectivity index (χ1n) is 27.0. The zero-order chi connectivity index (χ0) is 52.3. The Morgan fingerprint density at radius 2 is 0.933 bits per heavy atom. The number of hydrogen-bond acceptors (Lipinski definition) is 4. The smallest absolute Gasteiger partial charge is 0.129 e. The molecule has 0 radical (unpaired) electrons. The summed E-state index contributed by atoms with van der Waals surface area (Å²) in [4.78, 5) is 10.2. The minimum absolute atomic E-state index is 0.197. The molecular weight excluding hydrogens is 915 g/mol. The molecule has 15 rings (SSSR count). The largest absolute Gasteiger partial charge is 0.457 e. The molecular formula is C69H49N5O. The molecule has 1 aliphatic heterocycles. The first-order valence-corrected chi connectivity index (χ1v) is 25.5. The summed E-state index contributed by atoms with van der Waals surface area (Å²) in [5.74, 6) is 1.35. The molecule has 0 saturated heterocycles. The lowest BCUT2D eigenvalue weighted by molar-refractivity contribution is 0.481. The van der Waals surface area contributed by atoms with E-state index in [2.05, 4.69) is 238 Å². The molecule has 4 heterocycles. The van der Waals surface area contributed by atoms with Crippen molar-refractivity contribution in [3.05, 3.63) is 277 Å². The highest BCUT2D eigenvalue weighted by Gasteiger charge is 2.47. The maximum atomic E-state index is 9.66. The fraction of sp³-hybridized carbons (Fsp3) is 0.0580. The monoisotopic (exact) mass is 966 g/mol. The van der Waals surface area contributed by atoms with Crippen LogP contribution in [0.1, 0.15) is 32.1 Å². The number of rotatable bonds is 8. The Kier molecular flexibility index (Phi) is 8.89. The highest BCUT2D eigenvalue weighted by atomic mass is 16.5. The van der Waals surface area contributed by atoms with Crippen molar-refractivity contribution in [3.8, 4) is 45.1 Å². The summed E-state index contributed by atoms with van der Waals surface area (Å²) >= 11 is 0. The van der Waals surface area contributed by atoms with Crippen LogP contribution in [0.15, 0.2) is 249 Å². The van der Waals surface area contributed by atoms with Crippen molar-refractivity contribution in [3.63, 3.8) is 0 Å². The van der Waals surface area contributed by atoms with Crippen molar-refractivity contribution in [1.82, 2.24) is 14.1 Å². The molecule has 0 spiro atoms. The summed E-state index contributed by atoms with van der Waals surface area (Å²) in [5.41, 5.74) is 15.1. The molecule has 6 heteroatoms. The molecule has 0 unspecified atom stereocenters. The van der Waals surface area contributed by atoms with E-state index in [1.807, 2.05) is 36.5 Å². The summed E-state index contributed by atoms with van der Waals surface area (Å²) in [6, 6.07) is 83.9. The highest BCUT2D eigenvalue weighted by molar-refractivity contribution is 6.12. The van der Waals surface area contributed by atoms with E-state index in [1.54, 1.807) is 0 Å². The van der Waals surface area contributed by atoms with Crippen LogP contribution >= 0.6 is 0 Å². The molecule has 0 saturated carbocycles. The van der Waals surface area contributed by atoms with E-state index in [9.17, 15) is 4.11 Å². The topological polar surface area (TPSA) is 38.5 Å². The standard InChI is InChI=1S/C69H49N5O/c1-45-40-67(69(57-30-9-3-24-50(57)51-25-4-10-31-58(51)69)46-20-17-22-48(41-46)75-49-23-18-21-47(42-49)72-44-71(2)63-36-15-16-37-64(63)72)70-43-56(45)68-65(73-59-32-11-5-26-52(59)53-27-6-12-33-60(53)73)38-19-39-66(68)74-61-34-13-7-28-54(61)55-29-8-14-35-62(55)74/h3-43H,44H2,1-2H3/i1D3. The van der Waals surface area contributed by atoms with E-state index in [0.717, 1.165) is 106 Å². The van der Waals surface area contributed by atoms with Crippen LogP contribution in [0.4, 0.5) is 17.1 Å². The Balaban J connectivity index is 0.970. The molecule has 13 aromatic rings. The van der Waals surface area contributed by atoms with Gasteiger partial charge in [0.05, 0.1) is 62.6 Å². The van der Waals surface area contributed by atoms with Gasteiger partial charge in [0.2, 0.25) is 0 Å². The molecule has 1 aliphatic carbocycles. The summed E-state index contributed by atoms with van der Waals surface area (Å²) in [6.07, 6.45) is 1.84. The van der Waals surface area contributed by atoms with Gasteiger partial charge in [0.1, 0.15) is 11.5 Å². The van der Waals surface area contributed by atoms with Gasteiger partial charge in [0.25, 0.3) is 0 Å². The Labute approximate surface area is 439 Å². The van der Waals surface area contributed by atoms with Crippen LogP contribution in [0.5, 0.6) is 11.5 Å².